The summed E-state index contributed by atoms with van der Waals surface area (Å²) in [7, 11) is 0. The third-order valence-corrected chi connectivity index (χ3v) is 18.0. The predicted molar refractivity (Wildman–Crippen MR) is 272 cm³/mol. The van der Waals surface area contributed by atoms with Crippen LogP contribution in [0, 0.1) is 0 Å². The summed E-state index contributed by atoms with van der Waals surface area (Å²) in [6.07, 6.45) is 5.84. The van der Waals surface area contributed by atoms with Crippen LogP contribution in [0.15, 0.2) is 76.9 Å². The summed E-state index contributed by atoms with van der Waals surface area (Å²) in [5.74, 6) is 1.30. The monoisotopic (exact) mass is 879 g/mol. The molecule has 6 aliphatic rings. The second-order valence-corrected chi connectivity index (χ2v) is 25.0. The van der Waals surface area contributed by atoms with E-state index < -0.39 is 50.8 Å². The average Bonchev–Trinajstić information content (AvgIpc) is 4.20. The van der Waals surface area contributed by atoms with E-state index in [0.29, 0.717) is 55.8 Å². The molecule has 4 nitrogen and oxygen atoms in total. The van der Waals surface area contributed by atoms with Gasteiger partial charge >= 0.3 is 6.71 Å². The Morgan fingerprint density at radius 2 is 1.33 bits per heavy atom. The van der Waals surface area contributed by atoms with Gasteiger partial charge in [-0.3, -0.25) is 0 Å². The molecule has 0 bridgehead atoms. The fraction of sp³-hybridized carbons (Fsp3) is 0.483. The molecule has 2 aromatic heterocycles. The van der Waals surface area contributed by atoms with Gasteiger partial charge in [-0.25, -0.2) is 0 Å². The Labute approximate surface area is 403 Å². The van der Waals surface area contributed by atoms with E-state index in [2.05, 4.69) is 55.4 Å². The molecule has 64 heavy (non-hydrogen) atoms. The molecule has 0 N–H and O–H groups in total. The molecule has 330 valence electrons. The molecule has 4 aromatic carbocycles. The van der Waals surface area contributed by atoms with Crippen LogP contribution < -0.4 is 30.4 Å². The molecule has 0 amide bonds. The highest BCUT2D eigenvalue weighted by molar-refractivity contribution is 7.33. The Morgan fingerprint density at radius 3 is 2.05 bits per heavy atom. The van der Waals surface area contributed by atoms with Crippen LogP contribution >= 0.6 is 11.3 Å². The number of rotatable bonds is 2. The first-order valence-corrected chi connectivity index (χ1v) is 24.4. The molecule has 3 aliphatic carbocycles. The van der Waals surface area contributed by atoms with Crippen molar-refractivity contribution >= 4 is 72.5 Å². The first kappa shape index (κ1) is 30.0. The lowest BCUT2D eigenvalue weighted by Crippen LogP contribution is -2.58. The van der Waals surface area contributed by atoms with Crippen molar-refractivity contribution < 1.29 is 25.6 Å². The summed E-state index contributed by atoms with van der Waals surface area (Å²) in [5.41, 5.74) is -0.224. The van der Waals surface area contributed by atoms with Gasteiger partial charge in [-0.05, 0) is 126 Å². The van der Waals surface area contributed by atoms with Crippen molar-refractivity contribution in [2.75, 3.05) is 9.80 Å². The molecule has 5 heterocycles. The maximum Gasteiger partial charge on any atom is 0.313 e. The Balaban J connectivity index is 1.32. The first-order chi connectivity index (χ1) is 35.1. The van der Waals surface area contributed by atoms with Crippen LogP contribution in [0.3, 0.4) is 0 Å². The van der Waals surface area contributed by atoms with E-state index in [4.69, 9.17) is 11.9 Å². The maximum absolute atomic E-state index is 11.0. The van der Waals surface area contributed by atoms with Gasteiger partial charge in [0.1, 0.15) is 17.2 Å². The minimum Gasteiger partial charge on any atom is -0.470 e. The van der Waals surface area contributed by atoms with E-state index in [1.165, 1.54) is 11.3 Å². The Hall–Kier alpha value is -4.42. The van der Waals surface area contributed by atoms with E-state index in [1.54, 1.807) is 4.90 Å². The van der Waals surface area contributed by atoms with Gasteiger partial charge in [-0.1, -0.05) is 126 Å². The van der Waals surface area contributed by atoms with Gasteiger partial charge < -0.3 is 19.0 Å². The van der Waals surface area contributed by atoms with E-state index in [0.717, 1.165) is 61.0 Å². The summed E-state index contributed by atoms with van der Waals surface area (Å²) >= 11 is 1.34. The van der Waals surface area contributed by atoms with Crippen LogP contribution in [0.5, 0.6) is 11.5 Å². The number of hydrogen-bond donors (Lipinski definition) is 0. The van der Waals surface area contributed by atoms with Gasteiger partial charge in [0, 0.05) is 65.5 Å². The molecular formula is C58H67BN2O2S. The maximum atomic E-state index is 11.0. The molecule has 1 saturated carbocycles. The number of anilines is 5. The molecule has 3 aliphatic heterocycles. The van der Waals surface area contributed by atoms with Gasteiger partial charge in [-0.15, -0.1) is 11.3 Å². The van der Waals surface area contributed by atoms with Crippen molar-refractivity contribution in [3.63, 3.8) is 0 Å². The van der Waals surface area contributed by atoms with E-state index in [-0.39, 0.29) is 101 Å². The van der Waals surface area contributed by atoms with Crippen LogP contribution in [0.25, 0.3) is 10.1 Å². The molecule has 6 aromatic rings. The standard InChI is InChI=1S/C58H67BN2O2S/c1-52(2,3)34-20-22-35(23-21-34)60-42-30-36(61-41-19-15-14-18-38(41)57(12)24-16-17-25-58(57,61)13)31-43-46(42)59(50-48(62-43)45-49(63-50)56(10,11)29-28-55(45,8)9)51-47(60)37-32-39-40(33-44(37)64-51)54(6,7)27-26-53(39,4)5/h14-15,18-23,30-33H,16-17,24-29H2,1-13H3/i14D,15D,18D,19D,20D,21D,22D,23D,30D,31D,32D,33D. The van der Waals surface area contributed by atoms with Crippen molar-refractivity contribution in [1.29, 1.82) is 0 Å². The minimum absolute atomic E-state index is 0.0226. The summed E-state index contributed by atoms with van der Waals surface area (Å²) < 4.78 is 135. The van der Waals surface area contributed by atoms with Crippen LogP contribution in [-0.2, 0) is 32.5 Å². The Morgan fingerprint density at radius 1 is 0.672 bits per heavy atom. The molecule has 12 rings (SSSR count). The summed E-state index contributed by atoms with van der Waals surface area (Å²) in [6, 6.07) is -2.43. The quantitative estimate of drug-likeness (QED) is 0.162. The normalized spacial score (nSPS) is 27.7. The smallest absolute Gasteiger partial charge is 0.313 e. The minimum atomic E-state index is -1.00. The topological polar surface area (TPSA) is 28.9 Å². The van der Waals surface area contributed by atoms with Crippen molar-refractivity contribution in [2.24, 2.45) is 0 Å². The van der Waals surface area contributed by atoms with E-state index in [9.17, 15) is 13.7 Å². The highest BCUT2D eigenvalue weighted by Gasteiger charge is 2.59. The van der Waals surface area contributed by atoms with Gasteiger partial charge in [-0.2, -0.15) is 0 Å². The molecule has 2 atom stereocenters. The highest BCUT2D eigenvalue weighted by Crippen LogP contribution is 2.62. The SMILES string of the molecule is [2H]c1c([2H])c([2H])c2c(c1[2H])N(c1c([2H])c3c4c(c1[2H])N(c1c([2H])c([2H])c(C(C)(C)C)c([2H])c1[2H])c1c(sc5c([2H])c6c(c([2H])c15)C(C)(C)CCC6(C)C)B4c1oc4c(c1O3)C(C)(C)CCC4(C)C)C1(C)CCCCC21C. The average molecular weight is 879 g/mol. The summed E-state index contributed by atoms with van der Waals surface area (Å²) in [6.45, 7) is 25.9. The summed E-state index contributed by atoms with van der Waals surface area (Å²) in [4.78, 5) is 3.44. The first-order valence-electron chi connectivity index (χ1n) is 29.6. The lowest BCUT2D eigenvalue weighted by molar-refractivity contribution is 0.195. The summed E-state index contributed by atoms with van der Waals surface area (Å²) in [5, 5.41) is 0.395. The van der Waals surface area contributed by atoms with E-state index >= 15 is 0 Å². The lowest BCUT2D eigenvalue weighted by Gasteiger charge is -2.50. The number of para-hydroxylation sites is 1. The van der Waals surface area contributed by atoms with E-state index in [1.807, 2.05) is 39.5 Å². The fourth-order valence-electron chi connectivity index (χ4n) is 12.5. The zero-order valence-corrected chi connectivity index (χ0v) is 40.7. The van der Waals surface area contributed by atoms with Crippen molar-refractivity contribution in [1.82, 2.24) is 0 Å². The number of hydrogen-bond acceptors (Lipinski definition) is 5. The molecule has 0 radical (unpaired) electrons. The Kier molecular flexibility index (Phi) is 5.96. The number of fused-ring (bicyclic) bond motifs is 12. The van der Waals surface area contributed by atoms with Gasteiger partial charge in [0.05, 0.1) is 27.7 Å². The zero-order chi connectivity index (χ0) is 55.3. The van der Waals surface area contributed by atoms with Crippen molar-refractivity contribution in [3.05, 3.63) is 106 Å². The molecule has 1 fully saturated rings. The fourth-order valence-corrected chi connectivity index (χ4v) is 13.7. The lowest BCUT2D eigenvalue weighted by atomic mass is 9.39. The third kappa shape index (κ3) is 5.30. The third-order valence-electron chi connectivity index (χ3n) is 16.9. The van der Waals surface area contributed by atoms with Gasteiger partial charge in [0.25, 0.3) is 0 Å². The second kappa shape index (κ2) is 12.7. The van der Waals surface area contributed by atoms with Gasteiger partial charge in [0.15, 0.2) is 5.75 Å². The van der Waals surface area contributed by atoms with Crippen LogP contribution in [0.1, 0.15) is 191 Å². The molecular weight excluding hydrogens is 800 g/mol. The second-order valence-electron chi connectivity index (χ2n) is 24.0. The molecule has 2 unspecified atom stereocenters. The number of furan rings is 1. The molecule has 0 saturated heterocycles. The largest absolute Gasteiger partial charge is 0.470 e. The molecule has 0 spiro atoms. The predicted octanol–water partition coefficient (Wildman–Crippen LogP) is 14.6. The molecule has 6 heteroatoms. The number of thiophene rings is 1. The van der Waals surface area contributed by atoms with Crippen molar-refractivity contribution in [2.45, 2.75) is 179 Å². The van der Waals surface area contributed by atoms with Gasteiger partial charge in [0.2, 0.25) is 0 Å². The zero-order valence-electron chi connectivity index (χ0n) is 51.9. The van der Waals surface area contributed by atoms with Crippen LogP contribution in [-0.4, -0.2) is 12.3 Å². The van der Waals surface area contributed by atoms with Crippen molar-refractivity contribution in [3.8, 4) is 11.5 Å². The number of benzene rings is 4. The number of ether oxygens (including phenoxy) is 1. The highest BCUT2D eigenvalue weighted by atomic mass is 32.1. The van der Waals surface area contributed by atoms with Crippen LogP contribution in [0.2, 0.25) is 0 Å². The van der Waals surface area contributed by atoms with Crippen LogP contribution in [0.4, 0.5) is 28.4 Å². The Bertz CT molecular complexity index is 3650. The number of nitrogens with zero attached hydrogens (tertiary/aromatic N) is 2.